The van der Waals surface area contributed by atoms with Crippen molar-refractivity contribution < 1.29 is 4.74 Å². The van der Waals surface area contributed by atoms with Crippen LogP contribution in [0.3, 0.4) is 0 Å². The molecule has 1 atom stereocenters. The SMILES string of the molecule is COc1ccc(C(C)(C)C)cc1NCC1CCCN(C)C1. The lowest BCUT2D eigenvalue weighted by atomic mass is 9.86. The average Bonchev–Trinajstić information content (AvgIpc) is 2.44. The Hall–Kier alpha value is -1.22. The second-order valence-electron chi connectivity index (χ2n) is 7.32. The molecule has 1 aromatic rings. The lowest BCUT2D eigenvalue weighted by molar-refractivity contribution is 0.217. The third-order valence-corrected chi connectivity index (χ3v) is 4.37. The molecule has 2 rings (SSSR count). The van der Waals surface area contributed by atoms with E-state index < -0.39 is 0 Å². The van der Waals surface area contributed by atoms with Gasteiger partial charge in [0.05, 0.1) is 12.8 Å². The van der Waals surface area contributed by atoms with Crippen LogP contribution in [0, 0.1) is 5.92 Å². The molecule has 1 saturated heterocycles. The van der Waals surface area contributed by atoms with E-state index >= 15 is 0 Å². The molecule has 118 valence electrons. The molecule has 1 fully saturated rings. The van der Waals surface area contributed by atoms with Gasteiger partial charge in [-0.2, -0.15) is 0 Å². The van der Waals surface area contributed by atoms with Gasteiger partial charge < -0.3 is 15.0 Å². The number of rotatable bonds is 4. The van der Waals surface area contributed by atoms with Gasteiger partial charge in [-0.15, -0.1) is 0 Å². The van der Waals surface area contributed by atoms with Crippen molar-refractivity contribution in [1.29, 1.82) is 0 Å². The zero-order valence-electron chi connectivity index (χ0n) is 14.2. The van der Waals surface area contributed by atoms with Gasteiger partial charge in [0.15, 0.2) is 0 Å². The van der Waals surface area contributed by atoms with E-state index in [0.717, 1.165) is 23.9 Å². The first-order valence-corrected chi connectivity index (χ1v) is 8.01. The van der Waals surface area contributed by atoms with Crippen molar-refractivity contribution in [3.8, 4) is 5.75 Å². The van der Waals surface area contributed by atoms with Gasteiger partial charge >= 0.3 is 0 Å². The standard InChI is InChI=1S/C18H30N2O/c1-18(2,3)15-8-9-17(21-5)16(11-15)19-12-14-7-6-10-20(4)13-14/h8-9,11,14,19H,6-7,10,12-13H2,1-5H3. The minimum atomic E-state index is 0.160. The monoisotopic (exact) mass is 290 g/mol. The summed E-state index contributed by atoms with van der Waals surface area (Å²) < 4.78 is 5.50. The lowest BCUT2D eigenvalue weighted by Gasteiger charge is -2.30. The highest BCUT2D eigenvalue weighted by atomic mass is 16.5. The predicted octanol–water partition coefficient (Wildman–Crippen LogP) is 3.75. The molecule has 1 heterocycles. The van der Waals surface area contributed by atoms with Crippen LogP contribution in [0.25, 0.3) is 0 Å². The number of likely N-dealkylation sites (tertiary alicyclic amines) is 1. The second kappa shape index (κ2) is 6.69. The Bertz CT molecular complexity index is 465. The van der Waals surface area contributed by atoms with Crippen LogP contribution >= 0.6 is 0 Å². The Kier molecular flexibility index (Phi) is 5.15. The van der Waals surface area contributed by atoms with E-state index in [-0.39, 0.29) is 5.41 Å². The summed E-state index contributed by atoms with van der Waals surface area (Å²) in [6.07, 6.45) is 2.63. The molecule has 3 heteroatoms. The summed E-state index contributed by atoms with van der Waals surface area (Å²) in [7, 11) is 3.96. The van der Waals surface area contributed by atoms with Gasteiger partial charge in [-0.05, 0) is 55.5 Å². The van der Waals surface area contributed by atoms with Gasteiger partial charge in [0.25, 0.3) is 0 Å². The fourth-order valence-corrected chi connectivity index (χ4v) is 3.01. The summed E-state index contributed by atoms with van der Waals surface area (Å²) in [5.41, 5.74) is 2.62. The number of hydrogen-bond acceptors (Lipinski definition) is 3. The topological polar surface area (TPSA) is 24.5 Å². The first kappa shape index (κ1) is 16.2. The van der Waals surface area contributed by atoms with E-state index in [1.165, 1.54) is 31.5 Å². The van der Waals surface area contributed by atoms with E-state index in [1.54, 1.807) is 7.11 Å². The molecule has 0 radical (unpaired) electrons. The van der Waals surface area contributed by atoms with Crippen LogP contribution in [0.1, 0.15) is 39.2 Å². The van der Waals surface area contributed by atoms with Crippen molar-refractivity contribution in [2.24, 2.45) is 5.92 Å². The fourth-order valence-electron chi connectivity index (χ4n) is 3.01. The molecule has 1 N–H and O–H groups in total. The largest absolute Gasteiger partial charge is 0.495 e. The van der Waals surface area contributed by atoms with E-state index in [1.807, 2.05) is 0 Å². The van der Waals surface area contributed by atoms with Crippen LogP contribution in [-0.4, -0.2) is 38.7 Å². The highest BCUT2D eigenvalue weighted by Crippen LogP contribution is 2.31. The van der Waals surface area contributed by atoms with Crippen molar-refractivity contribution in [3.63, 3.8) is 0 Å². The number of nitrogens with zero attached hydrogens (tertiary/aromatic N) is 1. The minimum absolute atomic E-state index is 0.160. The zero-order chi connectivity index (χ0) is 15.5. The molecular formula is C18H30N2O. The molecule has 0 spiro atoms. The average molecular weight is 290 g/mol. The van der Waals surface area contributed by atoms with Crippen molar-refractivity contribution >= 4 is 5.69 Å². The maximum atomic E-state index is 5.50. The van der Waals surface area contributed by atoms with Crippen molar-refractivity contribution in [2.45, 2.75) is 39.0 Å². The van der Waals surface area contributed by atoms with Crippen LogP contribution in [0.4, 0.5) is 5.69 Å². The second-order valence-corrected chi connectivity index (χ2v) is 7.32. The number of ether oxygens (including phenoxy) is 1. The molecule has 0 bridgehead atoms. The quantitative estimate of drug-likeness (QED) is 0.914. The first-order chi connectivity index (χ1) is 9.90. The molecule has 21 heavy (non-hydrogen) atoms. The van der Waals surface area contributed by atoms with Gasteiger partial charge in [-0.1, -0.05) is 26.8 Å². The van der Waals surface area contributed by atoms with E-state index in [2.05, 4.69) is 56.2 Å². The summed E-state index contributed by atoms with van der Waals surface area (Å²) in [5.74, 6) is 1.67. The molecule has 1 aliphatic rings. The third-order valence-electron chi connectivity index (χ3n) is 4.37. The molecule has 0 saturated carbocycles. The first-order valence-electron chi connectivity index (χ1n) is 8.01. The molecule has 0 aromatic heterocycles. The summed E-state index contributed by atoms with van der Waals surface area (Å²) in [6, 6.07) is 6.49. The van der Waals surface area contributed by atoms with Gasteiger partial charge in [-0.25, -0.2) is 0 Å². The Morgan fingerprint density at radius 3 is 2.71 bits per heavy atom. The highest BCUT2D eigenvalue weighted by Gasteiger charge is 2.19. The number of anilines is 1. The Balaban J connectivity index is 2.07. The Morgan fingerprint density at radius 1 is 1.33 bits per heavy atom. The van der Waals surface area contributed by atoms with Crippen LogP contribution in [0.5, 0.6) is 5.75 Å². The van der Waals surface area contributed by atoms with Crippen LogP contribution in [0.15, 0.2) is 18.2 Å². The number of hydrogen-bond donors (Lipinski definition) is 1. The van der Waals surface area contributed by atoms with Gasteiger partial charge in [-0.3, -0.25) is 0 Å². The molecule has 1 unspecified atom stereocenters. The predicted molar refractivity (Wildman–Crippen MR) is 90.4 cm³/mol. The van der Waals surface area contributed by atoms with Gasteiger partial charge in [0, 0.05) is 13.1 Å². The van der Waals surface area contributed by atoms with E-state index in [0.29, 0.717) is 0 Å². The molecular weight excluding hydrogens is 260 g/mol. The molecule has 3 nitrogen and oxygen atoms in total. The number of piperidine rings is 1. The van der Waals surface area contributed by atoms with E-state index in [9.17, 15) is 0 Å². The summed E-state index contributed by atoms with van der Waals surface area (Å²) >= 11 is 0. The Morgan fingerprint density at radius 2 is 2.10 bits per heavy atom. The lowest BCUT2D eigenvalue weighted by Crippen LogP contribution is -2.35. The van der Waals surface area contributed by atoms with Crippen LogP contribution < -0.4 is 10.1 Å². The summed E-state index contributed by atoms with van der Waals surface area (Å²) in [5, 5.41) is 3.62. The molecule has 0 aliphatic carbocycles. The molecule has 1 aromatic carbocycles. The fraction of sp³-hybridized carbons (Fsp3) is 0.667. The summed E-state index contributed by atoms with van der Waals surface area (Å²) in [4.78, 5) is 2.43. The summed E-state index contributed by atoms with van der Waals surface area (Å²) in [6.45, 7) is 10.2. The molecule has 0 amide bonds. The number of methoxy groups -OCH3 is 1. The minimum Gasteiger partial charge on any atom is -0.495 e. The van der Waals surface area contributed by atoms with Crippen molar-refractivity contribution in [3.05, 3.63) is 23.8 Å². The van der Waals surface area contributed by atoms with Crippen molar-refractivity contribution in [2.75, 3.05) is 39.1 Å². The Labute approximate surface area is 129 Å². The maximum Gasteiger partial charge on any atom is 0.141 e. The maximum absolute atomic E-state index is 5.50. The normalized spacial score (nSPS) is 20.3. The van der Waals surface area contributed by atoms with Crippen molar-refractivity contribution in [1.82, 2.24) is 4.90 Å². The van der Waals surface area contributed by atoms with E-state index in [4.69, 9.17) is 4.74 Å². The zero-order valence-corrected chi connectivity index (χ0v) is 14.2. The third kappa shape index (κ3) is 4.37. The van der Waals surface area contributed by atoms with Gasteiger partial charge in [0.2, 0.25) is 0 Å². The van der Waals surface area contributed by atoms with Crippen LogP contribution in [0.2, 0.25) is 0 Å². The highest BCUT2D eigenvalue weighted by molar-refractivity contribution is 5.59. The number of nitrogens with one attached hydrogen (secondary N) is 1. The molecule has 1 aliphatic heterocycles. The number of benzene rings is 1. The smallest absolute Gasteiger partial charge is 0.141 e. The van der Waals surface area contributed by atoms with Crippen LogP contribution in [-0.2, 0) is 5.41 Å². The van der Waals surface area contributed by atoms with Gasteiger partial charge in [0.1, 0.15) is 5.75 Å².